The Bertz CT molecular complexity index is 749. The van der Waals surface area contributed by atoms with Gasteiger partial charge in [0.1, 0.15) is 0 Å². The molecule has 4 rings (SSSR count). The number of hydrogen-bond acceptors (Lipinski definition) is 5. The molecule has 1 atom stereocenters. The number of rotatable bonds is 4. The highest BCUT2D eigenvalue weighted by Gasteiger charge is 2.33. The second kappa shape index (κ2) is 7.72. The summed E-state index contributed by atoms with van der Waals surface area (Å²) in [4.78, 5) is 23.7. The normalized spacial score (nSPS) is 21.2. The van der Waals surface area contributed by atoms with Gasteiger partial charge in [0.25, 0.3) is 0 Å². The molecule has 2 fully saturated rings. The number of oxazole rings is 1. The lowest BCUT2D eigenvalue weighted by molar-refractivity contribution is -0.136. The molecule has 0 aliphatic carbocycles. The van der Waals surface area contributed by atoms with E-state index in [1.165, 1.54) is 6.39 Å². The van der Waals surface area contributed by atoms with E-state index >= 15 is 0 Å². The van der Waals surface area contributed by atoms with E-state index in [1.54, 1.807) is 6.20 Å². The zero-order valence-corrected chi connectivity index (χ0v) is 16.2. The van der Waals surface area contributed by atoms with Gasteiger partial charge in [0.15, 0.2) is 12.2 Å². The maximum Gasteiger partial charge on any atom is 0.227 e. The van der Waals surface area contributed by atoms with E-state index in [1.807, 2.05) is 0 Å². The van der Waals surface area contributed by atoms with Crippen molar-refractivity contribution in [2.24, 2.45) is 5.92 Å². The summed E-state index contributed by atoms with van der Waals surface area (Å²) in [6, 6.07) is 8.87. The second-order valence-corrected chi connectivity index (χ2v) is 7.80. The second-order valence-electron chi connectivity index (χ2n) is 7.80. The van der Waals surface area contributed by atoms with Gasteiger partial charge in [0, 0.05) is 56.6 Å². The fraction of sp³-hybridized carbons (Fsp3) is 0.524. The van der Waals surface area contributed by atoms with E-state index < -0.39 is 0 Å². The fourth-order valence-electron chi connectivity index (χ4n) is 4.11. The Balaban J connectivity index is 1.34. The first-order valence-electron chi connectivity index (χ1n) is 9.88. The zero-order valence-electron chi connectivity index (χ0n) is 16.2. The van der Waals surface area contributed by atoms with Gasteiger partial charge in [-0.15, -0.1) is 0 Å². The standard InChI is InChI=1S/C21H28N4O2/c1-16(2)23-9-11-24(12-10-23)21(26)18-7-8-25(14-18)19-5-3-17(4-6-19)20-13-22-15-27-20/h3-6,13,15-16,18H,7-12,14H2,1-2H3/t18-/m0/s1. The molecule has 0 radical (unpaired) electrons. The first-order valence-corrected chi connectivity index (χ1v) is 9.88. The van der Waals surface area contributed by atoms with Crippen LogP contribution in [-0.4, -0.2) is 66.0 Å². The van der Waals surface area contributed by atoms with E-state index in [4.69, 9.17) is 4.42 Å². The van der Waals surface area contributed by atoms with E-state index in [9.17, 15) is 4.79 Å². The van der Waals surface area contributed by atoms with Crippen molar-refractivity contribution in [2.75, 3.05) is 44.2 Å². The predicted molar refractivity (Wildman–Crippen MR) is 106 cm³/mol. The van der Waals surface area contributed by atoms with Crippen molar-refractivity contribution in [3.8, 4) is 11.3 Å². The van der Waals surface area contributed by atoms with Gasteiger partial charge in [0.2, 0.25) is 5.91 Å². The minimum atomic E-state index is 0.115. The molecule has 0 saturated carbocycles. The lowest BCUT2D eigenvalue weighted by Crippen LogP contribution is -2.52. The van der Waals surface area contributed by atoms with Crippen LogP contribution >= 0.6 is 0 Å². The SMILES string of the molecule is CC(C)N1CCN(C(=O)[C@H]2CCN(c3ccc(-c4cnco4)cc3)C2)CC1. The smallest absolute Gasteiger partial charge is 0.227 e. The molecule has 2 saturated heterocycles. The van der Waals surface area contributed by atoms with Crippen LogP contribution in [0.1, 0.15) is 20.3 Å². The Labute approximate surface area is 160 Å². The average Bonchev–Trinajstić information content (AvgIpc) is 3.40. The highest BCUT2D eigenvalue weighted by atomic mass is 16.3. The Morgan fingerprint density at radius 2 is 1.85 bits per heavy atom. The van der Waals surface area contributed by atoms with Crippen LogP contribution in [0.25, 0.3) is 11.3 Å². The Hall–Kier alpha value is -2.34. The molecule has 2 aromatic rings. The van der Waals surface area contributed by atoms with Crippen LogP contribution in [0.3, 0.4) is 0 Å². The van der Waals surface area contributed by atoms with Gasteiger partial charge in [-0.05, 0) is 44.5 Å². The quantitative estimate of drug-likeness (QED) is 0.831. The Kier molecular flexibility index (Phi) is 5.16. The maximum atomic E-state index is 12.9. The Morgan fingerprint density at radius 3 is 2.48 bits per heavy atom. The van der Waals surface area contributed by atoms with Crippen molar-refractivity contribution in [1.29, 1.82) is 0 Å². The fourth-order valence-corrected chi connectivity index (χ4v) is 4.11. The van der Waals surface area contributed by atoms with Crippen LogP contribution in [0.15, 0.2) is 41.3 Å². The van der Waals surface area contributed by atoms with Crippen molar-refractivity contribution < 1.29 is 9.21 Å². The van der Waals surface area contributed by atoms with Gasteiger partial charge in [-0.2, -0.15) is 0 Å². The molecular weight excluding hydrogens is 340 g/mol. The summed E-state index contributed by atoms with van der Waals surface area (Å²) in [6.45, 7) is 9.89. The number of anilines is 1. The number of carbonyl (C=O) groups excluding carboxylic acids is 1. The van der Waals surface area contributed by atoms with E-state index in [2.05, 4.69) is 57.8 Å². The molecular formula is C21H28N4O2. The highest BCUT2D eigenvalue weighted by Crippen LogP contribution is 2.28. The minimum absolute atomic E-state index is 0.115. The van der Waals surface area contributed by atoms with Crippen LogP contribution in [0, 0.1) is 5.92 Å². The number of benzene rings is 1. The van der Waals surface area contributed by atoms with Gasteiger partial charge < -0.3 is 14.2 Å². The molecule has 144 valence electrons. The summed E-state index contributed by atoms with van der Waals surface area (Å²) in [5.41, 5.74) is 2.18. The largest absolute Gasteiger partial charge is 0.444 e. The molecule has 6 nitrogen and oxygen atoms in total. The molecule has 1 amide bonds. The van der Waals surface area contributed by atoms with Crippen LogP contribution in [0.2, 0.25) is 0 Å². The monoisotopic (exact) mass is 368 g/mol. The van der Waals surface area contributed by atoms with Crippen LogP contribution in [0.5, 0.6) is 0 Å². The van der Waals surface area contributed by atoms with Crippen LogP contribution in [-0.2, 0) is 4.79 Å². The molecule has 0 unspecified atom stereocenters. The molecule has 0 N–H and O–H groups in total. The van der Waals surface area contributed by atoms with Gasteiger partial charge in [-0.3, -0.25) is 9.69 Å². The van der Waals surface area contributed by atoms with Gasteiger partial charge in [-0.25, -0.2) is 4.98 Å². The molecule has 1 aromatic carbocycles. The third-order valence-electron chi connectivity index (χ3n) is 5.84. The van der Waals surface area contributed by atoms with Crippen molar-refractivity contribution in [3.63, 3.8) is 0 Å². The molecule has 0 bridgehead atoms. The maximum absolute atomic E-state index is 12.9. The third kappa shape index (κ3) is 3.86. The first-order chi connectivity index (χ1) is 13.1. The van der Waals surface area contributed by atoms with Crippen molar-refractivity contribution in [2.45, 2.75) is 26.3 Å². The first kappa shape index (κ1) is 18.0. The van der Waals surface area contributed by atoms with Crippen LogP contribution < -0.4 is 4.90 Å². The summed E-state index contributed by atoms with van der Waals surface area (Å²) in [7, 11) is 0. The summed E-state index contributed by atoms with van der Waals surface area (Å²) < 4.78 is 5.34. The molecule has 1 aromatic heterocycles. The molecule has 3 heterocycles. The summed E-state index contributed by atoms with van der Waals surface area (Å²) in [5, 5.41) is 0. The predicted octanol–water partition coefficient (Wildman–Crippen LogP) is 2.72. The van der Waals surface area contributed by atoms with E-state index in [0.717, 1.165) is 62.7 Å². The van der Waals surface area contributed by atoms with Gasteiger partial charge in [0.05, 0.1) is 12.1 Å². The average molecular weight is 368 g/mol. The minimum Gasteiger partial charge on any atom is -0.444 e. The third-order valence-corrected chi connectivity index (χ3v) is 5.84. The molecule has 27 heavy (non-hydrogen) atoms. The van der Waals surface area contributed by atoms with Crippen molar-refractivity contribution in [3.05, 3.63) is 36.9 Å². The summed E-state index contributed by atoms with van der Waals surface area (Å²) >= 11 is 0. The number of amides is 1. The molecule has 6 heteroatoms. The number of hydrogen-bond donors (Lipinski definition) is 0. The topological polar surface area (TPSA) is 52.8 Å². The van der Waals surface area contributed by atoms with E-state index in [-0.39, 0.29) is 5.92 Å². The van der Waals surface area contributed by atoms with Gasteiger partial charge in [-0.1, -0.05) is 0 Å². The number of carbonyl (C=O) groups is 1. The van der Waals surface area contributed by atoms with Gasteiger partial charge >= 0.3 is 0 Å². The highest BCUT2D eigenvalue weighted by molar-refractivity contribution is 5.80. The number of piperazine rings is 1. The number of nitrogens with zero attached hydrogens (tertiary/aromatic N) is 4. The summed E-state index contributed by atoms with van der Waals surface area (Å²) in [6.07, 6.45) is 4.10. The van der Waals surface area contributed by atoms with Crippen molar-refractivity contribution >= 4 is 11.6 Å². The molecule has 2 aliphatic rings. The Morgan fingerprint density at radius 1 is 1.11 bits per heavy atom. The van der Waals surface area contributed by atoms with Crippen LogP contribution in [0.4, 0.5) is 5.69 Å². The zero-order chi connectivity index (χ0) is 18.8. The molecule has 2 aliphatic heterocycles. The lowest BCUT2D eigenvalue weighted by Gasteiger charge is -2.37. The van der Waals surface area contributed by atoms with Crippen molar-refractivity contribution in [1.82, 2.24) is 14.8 Å². The number of aromatic nitrogens is 1. The summed E-state index contributed by atoms with van der Waals surface area (Å²) in [5.74, 6) is 1.22. The lowest BCUT2D eigenvalue weighted by atomic mass is 10.1. The molecule has 0 spiro atoms. The van der Waals surface area contributed by atoms with E-state index in [0.29, 0.717) is 11.9 Å².